The van der Waals surface area contributed by atoms with Gasteiger partial charge in [-0.1, -0.05) is 42.2 Å². The van der Waals surface area contributed by atoms with Gasteiger partial charge in [0.25, 0.3) is 0 Å². The van der Waals surface area contributed by atoms with E-state index in [0.29, 0.717) is 17.7 Å². The highest BCUT2D eigenvalue weighted by molar-refractivity contribution is 5.39. The Kier molecular flexibility index (Phi) is 5.92. The average molecular weight is 311 g/mol. The quantitative estimate of drug-likeness (QED) is 0.656. The predicted octanol–water partition coefficient (Wildman–Crippen LogP) is 3.28. The van der Waals surface area contributed by atoms with Crippen LogP contribution in [0.4, 0.5) is 4.39 Å². The largest absolute Gasteiger partial charge is 0.378 e. The molecular weight excluding hydrogens is 289 g/mol. The summed E-state index contributed by atoms with van der Waals surface area (Å²) in [6.45, 7) is 4.48. The van der Waals surface area contributed by atoms with Crippen molar-refractivity contribution < 1.29 is 9.50 Å². The SMILES string of the molecule is CC(C)(O)C#Cc1ccc(F)c(CNCCc2ccccc2)c1. The van der Waals surface area contributed by atoms with Crippen molar-refractivity contribution in [3.63, 3.8) is 0 Å². The Morgan fingerprint density at radius 3 is 2.57 bits per heavy atom. The van der Waals surface area contributed by atoms with Crippen LogP contribution >= 0.6 is 0 Å². The monoisotopic (exact) mass is 311 g/mol. The molecule has 0 amide bonds. The molecule has 0 aliphatic rings. The maximum Gasteiger partial charge on any atom is 0.127 e. The van der Waals surface area contributed by atoms with E-state index in [0.717, 1.165) is 13.0 Å². The molecule has 0 unspecified atom stereocenters. The molecule has 0 radical (unpaired) electrons. The van der Waals surface area contributed by atoms with Crippen molar-refractivity contribution in [1.82, 2.24) is 5.32 Å². The van der Waals surface area contributed by atoms with Crippen LogP contribution in [0.1, 0.15) is 30.5 Å². The Hall–Kier alpha value is -2.15. The molecule has 0 aliphatic heterocycles. The zero-order chi connectivity index (χ0) is 16.7. The van der Waals surface area contributed by atoms with Crippen LogP contribution in [0.3, 0.4) is 0 Å². The number of rotatable bonds is 5. The molecule has 2 rings (SSSR count). The van der Waals surface area contributed by atoms with Crippen LogP contribution in [0.15, 0.2) is 48.5 Å². The molecule has 120 valence electrons. The summed E-state index contributed by atoms with van der Waals surface area (Å²) in [6, 6.07) is 14.9. The molecule has 0 spiro atoms. The van der Waals surface area contributed by atoms with E-state index in [1.165, 1.54) is 11.6 Å². The molecule has 0 aromatic heterocycles. The molecule has 2 aromatic carbocycles. The van der Waals surface area contributed by atoms with E-state index in [-0.39, 0.29) is 5.82 Å². The number of benzene rings is 2. The zero-order valence-corrected chi connectivity index (χ0v) is 13.6. The lowest BCUT2D eigenvalue weighted by molar-refractivity contribution is 0.143. The van der Waals surface area contributed by atoms with Crippen LogP contribution in [-0.2, 0) is 13.0 Å². The number of aliphatic hydroxyl groups is 1. The Bertz CT molecular complexity index is 693. The first kappa shape index (κ1) is 17.2. The van der Waals surface area contributed by atoms with Gasteiger partial charge in [0.1, 0.15) is 11.4 Å². The van der Waals surface area contributed by atoms with Gasteiger partial charge in [0.05, 0.1) is 0 Å². The van der Waals surface area contributed by atoms with Crippen molar-refractivity contribution in [3.05, 3.63) is 71.0 Å². The highest BCUT2D eigenvalue weighted by atomic mass is 19.1. The van der Waals surface area contributed by atoms with E-state index in [4.69, 9.17) is 0 Å². The van der Waals surface area contributed by atoms with Gasteiger partial charge in [0.2, 0.25) is 0 Å². The Labute approximate surface area is 137 Å². The van der Waals surface area contributed by atoms with E-state index >= 15 is 0 Å². The lowest BCUT2D eigenvalue weighted by Gasteiger charge is -2.08. The lowest BCUT2D eigenvalue weighted by Crippen LogP contribution is -2.17. The minimum Gasteiger partial charge on any atom is -0.378 e. The maximum atomic E-state index is 13.9. The van der Waals surface area contributed by atoms with Gasteiger partial charge in [0, 0.05) is 17.7 Å². The Morgan fingerprint density at radius 1 is 1.13 bits per heavy atom. The molecule has 23 heavy (non-hydrogen) atoms. The maximum absolute atomic E-state index is 13.9. The van der Waals surface area contributed by atoms with Crippen molar-refractivity contribution in [3.8, 4) is 11.8 Å². The highest BCUT2D eigenvalue weighted by Gasteiger charge is 2.07. The van der Waals surface area contributed by atoms with Crippen LogP contribution in [0, 0.1) is 17.7 Å². The van der Waals surface area contributed by atoms with E-state index in [1.807, 2.05) is 18.2 Å². The summed E-state index contributed by atoms with van der Waals surface area (Å²) in [4.78, 5) is 0. The summed E-state index contributed by atoms with van der Waals surface area (Å²) in [5.41, 5.74) is 1.49. The van der Waals surface area contributed by atoms with Gasteiger partial charge < -0.3 is 10.4 Å². The average Bonchev–Trinajstić information content (AvgIpc) is 2.52. The second kappa shape index (κ2) is 7.92. The van der Waals surface area contributed by atoms with Crippen molar-refractivity contribution in [2.24, 2.45) is 0 Å². The first-order valence-electron chi connectivity index (χ1n) is 7.73. The third-order valence-electron chi connectivity index (χ3n) is 3.31. The molecule has 0 fully saturated rings. The second-order valence-electron chi connectivity index (χ2n) is 6.03. The smallest absolute Gasteiger partial charge is 0.127 e. The van der Waals surface area contributed by atoms with E-state index < -0.39 is 5.60 Å². The normalized spacial score (nSPS) is 11.0. The molecule has 2 aromatic rings. The fraction of sp³-hybridized carbons (Fsp3) is 0.300. The summed E-state index contributed by atoms with van der Waals surface area (Å²) in [7, 11) is 0. The van der Waals surface area contributed by atoms with Crippen LogP contribution in [0.2, 0.25) is 0 Å². The molecule has 0 saturated heterocycles. The fourth-order valence-electron chi connectivity index (χ4n) is 2.11. The van der Waals surface area contributed by atoms with Gasteiger partial charge in [-0.25, -0.2) is 4.39 Å². The minimum absolute atomic E-state index is 0.244. The molecular formula is C20H22FNO. The van der Waals surface area contributed by atoms with Crippen LogP contribution in [0.5, 0.6) is 0 Å². The van der Waals surface area contributed by atoms with Crippen molar-refractivity contribution in [2.45, 2.75) is 32.4 Å². The molecule has 0 atom stereocenters. The lowest BCUT2D eigenvalue weighted by atomic mass is 10.1. The Morgan fingerprint density at radius 2 is 1.87 bits per heavy atom. The summed E-state index contributed by atoms with van der Waals surface area (Å²) < 4.78 is 13.9. The summed E-state index contributed by atoms with van der Waals surface area (Å²) in [6.07, 6.45) is 0.903. The number of halogens is 1. The molecule has 3 heteroatoms. The summed E-state index contributed by atoms with van der Waals surface area (Å²) in [5.74, 6) is 5.37. The molecule has 0 heterocycles. The molecule has 0 bridgehead atoms. The van der Waals surface area contributed by atoms with E-state index in [9.17, 15) is 9.50 Å². The molecule has 0 saturated carbocycles. The highest BCUT2D eigenvalue weighted by Crippen LogP contribution is 2.10. The van der Waals surface area contributed by atoms with Gasteiger partial charge in [-0.3, -0.25) is 0 Å². The van der Waals surface area contributed by atoms with Crippen LogP contribution < -0.4 is 5.32 Å². The summed E-state index contributed by atoms with van der Waals surface area (Å²) >= 11 is 0. The molecule has 0 aliphatic carbocycles. The predicted molar refractivity (Wildman–Crippen MR) is 91.4 cm³/mol. The molecule has 2 N–H and O–H groups in total. The number of nitrogens with one attached hydrogen (secondary N) is 1. The van der Waals surface area contributed by atoms with Crippen molar-refractivity contribution in [1.29, 1.82) is 0 Å². The van der Waals surface area contributed by atoms with Gasteiger partial charge in [-0.15, -0.1) is 0 Å². The van der Waals surface area contributed by atoms with E-state index in [1.54, 1.807) is 26.0 Å². The standard InChI is InChI=1S/C20H22FNO/c1-20(2,23)12-10-17-8-9-19(21)18(14-17)15-22-13-11-16-6-4-3-5-7-16/h3-9,14,22-23H,11,13,15H2,1-2H3. The third-order valence-corrected chi connectivity index (χ3v) is 3.31. The Balaban J connectivity index is 1.92. The third kappa shape index (κ3) is 6.23. The first-order valence-corrected chi connectivity index (χ1v) is 7.73. The van der Waals surface area contributed by atoms with Crippen molar-refractivity contribution in [2.75, 3.05) is 6.54 Å². The number of hydrogen-bond donors (Lipinski definition) is 2. The van der Waals surface area contributed by atoms with Crippen LogP contribution in [0.25, 0.3) is 0 Å². The van der Waals surface area contributed by atoms with Crippen molar-refractivity contribution >= 4 is 0 Å². The van der Waals surface area contributed by atoms with Gasteiger partial charge in [-0.05, 0) is 50.6 Å². The number of hydrogen-bond acceptors (Lipinski definition) is 2. The van der Waals surface area contributed by atoms with E-state index in [2.05, 4.69) is 29.3 Å². The summed E-state index contributed by atoms with van der Waals surface area (Å²) in [5, 5.41) is 12.9. The van der Waals surface area contributed by atoms with Gasteiger partial charge >= 0.3 is 0 Å². The molecule has 2 nitrogen and oxygen atoms in total. The minimum atomic E-state index is -1.05. The zero-order valence-electron chi connectivity index (χ0n) is 13.6. The van der Waals surface area contributed by atoms with Gasteiger partial charge in [0.15, 0.2) is 0 Å². The topological polar surface area (TPSA) is 32.3 Å². The first-order chi connectivity index (χ1) is 10.9. The van der Waals surface area contributed by atoms with Crippen LogP contribution in [-0.4, -0.2) is 17.3 Å². The van der Waals surface area contributed by atoms with Gasteiger partial charge in [-0.2, -0.15) is 0 Å². The second-order valence-corrected chi connectivity index (χ2v) is 6.03. The fourth-order valence-corrected chi connectivity index (χ4v) is 2.11.